The van der Waals surface area contributed by atoms with Crippen molar-refractivity contribution in [1.82, 2.24) is 0 Å². The SMILES string of the molecule is CCC=C(C#N)CF.N#C/C=C/C(F)(F)F. The number of halogens is 4. The lowest BCUT2D eigenvalue weighted by atomic mass is 10.3. The summed E-state index contributed by atoms with van der Waals surface area (Å²) in [4.78, 5) is 0. The van der Waals surface area contributed by atoms with E-state index in [4.69, 9.17) is 10.5 Å². The number of rotatable bonds is 2. The minimum atomic E-state index is -4.35. The zero-order valence-corrected chi connectivity index (χ0v) is 8.55. The Balaban J connectivity index is 0. The highest BCUT2D eigenvalue weighted by atomic mass is 19.4. The Kier molecular flexibility index (Phi) is 10.1. The van der Waals surface area contributed by atoms with Crippen molar-refractivity contribution in [2.45, 2.75) is 19.5 Å². The summed E-state index contributed by atoms with van der Waals surface area (Å²) in [6.45, 7) is 1.23. The maximum Gasteiger partial charge on any atom is 0.410 e. The highest BCUT2D eigenvalue weighted by Crippen LogP contribution is 2.15. The van der Waals surface area contributed by atoms with Gasteiger partial charge in [0.2, 0.25) is 0 Å². The third kappa shape index (κ3) is 14.7. The van der Waals surface area contributed by atoms with Gasteiger partial charge in [0.1, 0.15) is 6.67 Å². The van der Waals surface area contributed by atoms with Gasteiger partial charge in [0.15, 0.2) is 0 Å². The van der Waals surface area contributed by atoms with Crippen LogP contribution in [0.25, 0.3) is 0 Å². The van der Waals surface area contributed by atoms with E-state index in [0.29, 0.717) is 6.08 Å². The van der Waals surface area contributed by atoms with E-state index in [-0.39, 0.29) is 11.6 Å². The molecule has 0 spiro atoms. The quantitative estimate of drug-likeness (QED) is 0.542. The molecule has 0 bridgehead atoms. The molecule has 0 unspecified atom stereocenters. The van der Waals surface area contributed by atoms with Gasteiger partial charge in [0, 0.05) is 12.2 Å². The van der Waals surface area contributed by atoms with Crippen LogP contribution < -0.4 is 0 Å². The molecule has 0 rings (SSSR count). The maximum absolute atomic E-state index is 11.6. The monoisotopic (exact) mass is 234 g/mol. The number of alkyl halides is 4. The fourth-order valence-corrected chi connectivity index (χ4v) is 0.508. The van der Waals surface area contributed by atoms with Gasteiger partial charge in [-0.25, -0.2) is 4.39 Å². The molecule has 0 fully saturated rings. The number of nitriles is 2. The van der Waals surface area contributed by atoms with E-state index in [1.54, 1.807) is 12.1 Å². The van der Waals surface area contributed by atoms with Crippen LogP contribution in [0.3, 0.4) is 0 Å². The molecule has 2 nitrogen and oxygen atoms in total. The summed E-state index contributed by atoms with van der Waals surface area (Å²) >= 11 is 0. The lowest BCUT2D eigenvalue weighted by molar-refractivity contribution is -0.0797. The molecule has 0 heterocycles. The average Bonchev–Trinajstić information content (AvgIpc) is 2.23. The van der Waals surface area contributed by atoms with Gasteiger partial charge in [-0.15, -0.1) is 0 Å². The summed E-state index contributed by atoms with van der Waals surface area (Å²) in [6.07, 6.45) is -1.77. The lowest BCUT2D eigenvalue weighted by Gasteiger charge is -1.92. The molecule has 0 radical (unpaired) electrons. The summed E-state index contributed by atoms with van der Waals surface area (Å²) in [5, 5.41) is 15.7. The predicted molar refractivity (Wildman–Crippen MR) is 50.8 cm³/mol. The number of hydrogen-bond donors (Lipinski definition) is 0. The molecule has 6 heteroatoms. The van der Waals surface area contributed by atoms with E-state index in [1.807, 2.05) is 6.92 Å². The van der Waals surface area contributed by atoms with Crippen molar-refractivity contribution in [3.05, 3.63) is 23.8 Å². The van der Waals surface area contributed by atoms with Crippen LogP contribution in [0.4, 0.5) is 17.6 Å². The molecular weight excluding hydrogens is 224 g/mol. The van der Waals surface area contributed by atoms with Crippen LogP contribution in [0.5, 0.6) is 0 Å². The van der Waals surface area contributed by atoms with Gasteiger partial charge in [-0.1, -0.05) is 13.0 Å². The van der Waals surface area contributed by atoms with Crippen LogP contribution in [0.1, 0.15) is 13.3 Å². The van der Waals surface area contributed by atoms with Gasteiger partial charge in [-0.2, -0.15) is 23.7 Å². The molecule has 0 aliphatic rings. The van der Waals surface area contributed by atoms with Crippen molar-refractivity contribution in [1.29, 1.82) is 10.5 Å². The highest BCUT2D eigenvalue weighted by Gasteiger charge is 2.21. The van der Waals surface area contributed by atoms with Crippen LogP contribution in [0, 0.1) is 22.7 Å². The first kappa shape index (κ1) is 16.6. The van der Waals surface area contributed by atoms with Crippen LogP contribution >= 0.6 is 0 Å². The van der Waals surface area contributed by atoms with E-state index in [1.165, 1.54) is 6.07 Å². The smallest absolute Gasteiger partial charge is 0.245 e. The van der Waals surface area contributed by atoms with Crippen LogP contribution in [0.15, 0.2) is 23.8 Å². The Morgan fingerprint density at radius 2 is 1.88 bits per heavy atom. The van der Waals surface area contributed by atoms with E-state index >= 15 is 0 Å². The zero-order valence-electron chi connectivity index (χ0n) is 8.55. The van der Waals surface area contributed by atoms with Crippen molar-refractivity contribution in [3.8, 4) is 12.1 Å². The first-order valence-corrected chi connectivity index (χ1v) is 4.20. The molecule has 0 amide bonds. The summed E-state index contributed by atoms with van der Waals surface area (Å²) < 4.78 is 44.6. The standard InChI is InChI=1S/C6H8FN.C4H2F3N/c1-2-3-6(4-7)5-8;5-4(6,7)2-1-3-8/h3H,2,4H2,1H3;1-2H/b;2-1+. The van der Waals surface area contributed by atoms with Crippen molar-refractivity contribution in [2.24, 2.45) is 0 Å². The molecule has 0 saturated heterocycles. The van der Waals surface area contributed by atoms with Crippen molar-refractivity contribution >= 4 is 0 Å². The third-order valence-corrected chi connectivity index (χ3v) is 1.08. The van der Waals surface area contributed by atoms with Crippen LogP contribution in [-0.2, 0) is 0 Å². The van der Waals surface area contributed by atoms with E-state index in [0.717, 1.165) is 6.42 Å². The predicted octanol–water partition coefficient (Wildman–Crippen LogP) is 3.44. The summed E-state index contributed by atoms with van der Waals surface area (Å²) in [7, 11) is 0. The number of hydrogen-bond acceptors (Lipinski definition) is 2. The topological polar surface area (TPSA) is 47.6 Å². The van der Waals surface area contributed by atoms with Crippen molar-refractivity contribution in [2.75, 3.05) is 6.67 Å². The number of allylic oxidation sites excluding steroid dienone is 4. The summed E-state index contributed by atoms with van der Waals surface area (Å²) in [6, 6.07) is 2.96. The van der Waals surface area contributed by atoms with Crippen molar-refractivity contribution < 1.29 is 17.6 Å². The Bertz CT molecular complexity index is 315. The zero-order chi connectivity index (χ0) is 13.0. The molecule has 0 aliphatic heterocycles. The molecule has 88 valence electrons. The molecule has 0 saturated carbocycles. The molecule has 16 heavy (non-hydrogen) atoms. The first-order valence-electron chi connectivity index (χ1n) is 4.20. The molecule has 0 aromatic rings. The Morgan fingerprint density at radius 3 is 2.00 bits per heavy atom. The van der Waals surface area contributed by atoms with Gasteiger partial charge in [-0.3, -0.25) is 0 Å². The van der Waals surface area contributed by atoms with Gasteiger partial charge in [0.05, 0.1) is 17.7 Å². The molecule has 0 aromatic heterocycles. The normalized spacial score (nSPS) is 11.3. The van der Waals surface area contributed by atoms with Gasteiger partial charge in [0.25, 0.3) is 0 Å². The first-order chi connectivity index (χ1) is 7.41. The van der Waals surface area contributed by atoms with E-state index < -0.39 is 12.9 Å². The van der Waals surface area contributed by atoms with Crippen LogP contribution in [-0.4, -0.2) is 12.9 Å². The second-order valence-corrected chi connectivity index (χ2v) is 2.39. The molecular formula is C10H10F4N2. The Hall–Kier alpha value is -1.82. The summed E-state index contributed by atoms with van der Waals surface area (Å²) in [5.74, 6) is 0. The van der Waals surface area contributed by atoms with E-state index in [2.05, 4.69) is 0 Å². The second kappa shape index (κ2) is 9.72. The van der Waals surface area contributed by atoms with Gasteiger partial charge >= 0.3 is 6.18 Å². The minimum Gasteiger partial charge on any atom is -0.245 e. The highest BCUT2D eigenvalue weighted by molar-refractivity contribution is 5.20. The fourth-order valence-electron chi connectivity index (χ4n) is 0.508. The second-order valence-electron chi connectivity index (χ2n) is 2.39. The molecule has 0 N–H and O–H groups in total. The molecule has 0 aromatic carbocycles. The summed E-state index contributed by atoms with van der Waals surface area (Å²) in [5.41, 5.74) is 0.229. The van der Waals surface area contributed by atoms with E-state index in [9.17, 15) is 17.6 Å². The number of nitrogens with zero attached hydrogens (tertiary/aromatic N) is 2. The minimum absolute atomic E-state index is 0.118. The Morgan fingerprint density at radius 1 is 1.31 bits per heavy atom. The largest absolute Gasteiger partial charge is 0.410 e. The fraction of sp³-hybridized carbons (Fsp3) is 0.400. The van der Waals surface area contributed by atoms with Gasteiger partial charge in [-0.05, 0) is 6.42 Å². The Labute approximate surface area is 91.1 Å². The maximum atomic E-state index is 11.6. The molecule has 0 atom stereocenters. The van der Waals surface area contributed by atoms with Gasteiger partial charge < -0.3 is 0 Å². The van der Waals surface area contributed by atoms with Crippen molar-refractivity contribution in [3.63, 3.8) is 0 Å². The third-order valence-electron chi connectivity index (χ3n) is 1.08. The molecule has 0 aliphatic carbocycles. The lowest BCUT2D eigenvalue weighted by Crippen LogP contribution is -1.99. The average molecular weight is 234 g/mol. The van der Waals surface area contributed by atoms with Crippen LogP contribution in [0.2, 0.25) is 0 Å².